The average molecular weight is 539 g/mol. The number of aryl methyl sites for hydroxylation is 1. The Labute approximate surface area is 234 Å². The molecule has 0 radical (unpaired) electrons. The van der Waals surface area contributed by atoms with Gasteiger partial charge in [0.25, 0.3) is 0 Å². The number of Topliss-reactive ketones (excluding diaryl/α,β-unsaturated/α-hetero) is 1. The van der Waals surface area contributed by atoms with E-state index in [1.54, 1.807) is 23.1 Å². The average Bonchev–Trinajstić information content (AvgIpc) is 3.32. The normalized spacial score (nSPS) is 23.4. The standard InChI is InChI=1S/C34H35FN2O3/c1-22-9-8-14-26(21-22)32(38)30-28(20-15-23-10-4-2-5-11-23)37(34(40)25-12-6-3-7-13-25)31(33(36)39)29(30)24-16-18-27(35)19-17-24/h2,4-5,8-11,14-21,25,28-31H,3,6-7,12-13H2,1H3,(H2,36,39). The monoisotopic (exact) mass is 538 g/mol. The maximum Gasteiger partial charge on any atom is 0.240 e. The molecule has 1 heterocycles. The van der Waals surface area contributed by atoms with Crippen LogP contribution >= 0.6 is 0 Å². The number of nitrogens with zero attached hydrogens (tertiary/aromatic N) is 1. The Morgan fingerprint density at radius 2 is 1.60 bits per heavy atom. The number of primary amides is 1. The van der Waals surface area contributed by atoms with Crippen LogP contribution in [0.2, 0.25) is 0 Å². The van der Waals surface area contributed by atoms with Gasteiger partial charge < -0.3 is 10.6 Å². The topological polar surface area (TPSA) is 80.5 Å². The van der Waals surface area contributed by atoms with Gasteiger partial charge in [-0.15, -0.1) is 0 Å². The lowest BCUT2D eigenvalue weighted by molar-refractivity contribution is -0.143. The molecule has 2 N–H and O–H groups in total. The number of nitrogens with two attached hydrogens (primary N) is 1. The number of carbonyl (C=O) groups excluding carboxylic acids is 3. The summed E-state index contributed by atoms with van der Waals surface area (Å²) in [5, 5.41) is 0. The van der Waals surface area contributed by atoms with Gasteiger partial charge in [-0.05, 0) is 49.1 Å². The first-order valence-corrected chi connectivity index (χ1v) is 14.1. The van der Waals surface area contributed by atoms with Gasteiger partial charge in [0.2, 0.25) is 11.8 Å². The summed E-state index contributed by atoms with van der Waals surface area (Å²) < 4.78 is 14.0. The third-order valence-electron chi connectivity index (χ3n) is 8.36. The zero-order valence-corrected chi connectivity index (χ0v) is 22.7. The Bertz CT molecular complexity index is 1400. The molecule has 3 aromatic carbocycles. The van der Waals surface area contributed by atoms with E-state index >= 15 is 0 Å². The number of hydrogen-bond acceptors (Lipinski definition) is 3. The Morgan fingerprint density at radius 1 is 0.900 bits per heavy atom. The number of likely N-dealkylation sites (tertiary alicyclic amines) is 1. The molecule has 1 saturated carbocycles. The Balaban J connectivity index is 1.69. The van der Waals surface area contributed by atoms with Crippen molar-refractivity contribution < 1.29 is 18.8 Å². The highest BCUT2D eigenvalue weighted by molar-refractivity contribution is 6.02. The molecule has 206 valence electrons. The molecule has 3 aromatic rings. The molecule has 0 bridgehead atoms. The molecule has 6 heteroatoms. The van der Waals surface area contributed by atoms with Crippen LogP contribution in [0.5, 0.6) is 0 Å². The Morgan fingerprint density at radius 3 is 2.25 bits per heavy atom. The van der Waals surface area contributed by atoms with E-state index in [2.05, 4.69) is 0 Å². The van der Waals surface area contributed by atoms with Gasteiger partial charge in [0.1, 0.15) is 11.9 Å². The molecule has 4 unspecified atom stereocenters. The van der Waals surface area contributed by atoms with Crippen LogP contribution in [-0.2, 0) is 9.59 Å². The summed E-state index contributed by atoms with van der Waals surface area (Å²) in [7, 11) is 0. The predicted octanol–water partition coefficient (Wildman–Crippen LogP) is 6.08. The van der Waals surface area contributed by atoms with E-state index in [1.165, 1.54) is 12.1 Å². The quantitative estimate of drug-likeness (QED) is 0.371. The van der Waals surface area contributed by atoms with E-state index in [0.717, 1.165) is 43.2 Å². The molecule has 0 aromatic heterocycles. The smallest absolute Gasteiger partial charge is 0.240 e. The van der Waals surface area contributed by atoms with Crippen molar-refractivity contribution in [2.75, 3.05) is 0 Å². The minimum Gasteiger partial charge on any atom is -0.368 e. The van der Waals surface area contributed by atoms with E-state index < -0.39 is 35.6 Å². The van der Waals surface area contributed by atoms with E-state index in [4.69, 9.17) is 5.73 Å². The largest absolute Gasteiger partial charge is 0.368 e. The summed E-state index contributed by atoms with van der Waals surface area (Å²) in [5.41, 5.74) is 9.02. The van der Waals surface area contributed by atoms with Gasteiger partial charge in [-0.3, -0.25) is 14.4 Å². The number of benzene rings is 3. The van der Waals surface area contributed by atoms with Crippen LogP contribution in [-0.4, -0.2) is 34.6 Å². The van der Waals surface area contributed by atoms with Crippen molar-refractivity contribution in [3.63, 3.8) is 0 Å². The zero-order chi connectivity index (χ0) is 28.2. The molecule has 5 nitrogen and oxygen atoms in total. The summed E-state index contributed by atoms with van der Waals surface area (Å²) in [6.07, 6.45) is 8.22. The molecule has 1 aliphatic heterocycles. The third kappa shape index (κ3) is 5.62. The van der Waals surface area contributed by atoms with Gasteiger partial charge in [0.05, 0.1) is 12.0 Å². The number of amides is 2. The summed E-state index contributed by atoms with van der Waals surface area (Å²) in [6.45, 7) is 1.92. The van der Waals surface area contributed by atoms with Crippen molar-refractivity contribution in [1.29, 1.82) is 0 Å². The lowest BCUT2D eigenvalue weighted by Gasteiger charge is -2.33. The van der Waals surface area contributed by atoms with Gasteiger partial charge in [0, 0.05) is 17.4 Å². The molecule has 5 rings (SSSR count). The molecule has 2 amide bonds. The highest BCUT2D eigenvalue weighted by Crippen LogP contribution is 2.46. The van der Waals surface area contributed by atoms with E-state index in [1.807, 2.05) is 67.6 Å². The van der Waals surface area contributed by atoms with Crippen LogP contribution < -0.4 is 5.73 Å². The van der Waals surface area contributed by atoms with Crippen LogP contribution in [0.15, 0.2) is 84.9 Å². The molecule has 1 aliphatic carbocycles. The van der Waals surface area contributed by atoms with E-state index in [9.17, 15) is 18.8 Å². The van der Waals surface area contributed by atoms with Crippen LogP contribution in [0.4, 0.5) is 4.39 Å². The molecule has 2 aliphatic rings. The van der Waals surface area contributed by atoms with Crippen molar-refractivity contribution in [2.24, 2.45) is 17.6 Å². The molecule has 0 spiro atoms. The Kier molecular flexibility index (Phi) is 8.24. The fraction of sp³-hybridized carbons (Fsp3) is 0.324. The van der Waals surface area contributed by atoms with Crippen molar-refractivity contribution in [1.82, 2.24) is 4.90 Å². The number of ketones is 1. The molecule has 1 saturated heterocycles. The highest BCUT2D eigenvalue weighted by atomic mass is 19.1. The van der Waals surface area contributed by atoms with Gasteiger partial charge in [-0.2, -0.15) is 0 Å². The van der Waals surface area contributed by atoms with Crippen LogP contribution in [0.3, 0.4) is 0 Å². The molecule has 40 heavy (non-hydrogen) atoms. The van der Waals surface area contributed by atoms with Crippen LogP contribution in [0.1, 0.15) is 65.1 Å². The Hall–Kier alpha value is -4.06. The first-order chi connectivity index (χ1) is 19.3. The van der Waals surface area contributed by atoms with Gasteiger partial charge >= 0.3 is 0 Å². The van der Waals surface area contributed by atoms with E-state index in [-0.39, 0.29) is 17.6 Å². The second kappa shape index (κ2) is 12.0. The number of carbonyl (C=O) groups is 3. The van der Waals surface area contributed by atoms with Crippen molar-refractivity contribution in [3.05, 3.63) is 113 Å². The number of halogens is 1. The van der Waals surface area contributed by atoms with Gasteiger partial charge in [0.15, 0.2) is 5.78 Å². The van der Waals surface area contributed by atoms with Crippen molar-refractivity contribution in [3.8, 4) is 0 Å². The fourth-order valence-electron chi connectivity index (χ4n) is 6.47. The zero-order valence-electron chi connectivity index (χ0n) is 22.7. The summed E-state index contributed by atoms with van der Waals surface area (Å²) >= 11 is 0. The summed E-state index contributed by atoms with van der Waals surface area (Å²) in [4.78, 5) is 43.5. The van der Waals surface area contributed by atoms with Gasteiger partial charge in [-0.1, -0.05) is 97.6 Å². The van der Waals surface area contributed by atoms with Crippen LogP contribution in [0.25, 0.3) is 6.08 Å². The summed E-state index contributed by atoms with van der Waals surface area (Å²) in [5.74, 6) is -3.17. The molecule has 4 atom stereocenters. The lowest BCUT2D eigenvalue weighted by atomic mass is 9.77. The van der Waals surface area contributed by atoms with Crippen LogP contribution in [0, 0.1) is 24.6 Å². The second-order valence-corrected chi connectivity index (χ2v) is 11.0. The number of rotatable bonds is 7. The fourth-order valence-corrected chi connectivity index (χ4v) is 6.47. The maximum absolute atomic E-state index is 14.4. The first-order valence-electron chi connectivity index (χ1n) is 14.1. The minimum absolute atomic E-state index is 0.141. The number of hydrogen-bond donors (Lipinski definition) is 1. The third-order valence-corrected chi connectivity index (χ3v) is 8.36. The van der Waals surface area contributed by atoms with E-state index in [0.29, 0.717) is 11.1 Å². The molecule has 2 fully saturated rings. The minimum atomic E-state index is -1.05. The predicted molar refractivity (Wildman–Crippen MR) is 154 cm³/mol. The van der Waals surface area contributed by atoms with Gasteiger partial charge in [-0.25, -0.2) is 4.39 Å². The maximum atomic E-state index is 14.4. The second-order valence-electron chi connectivity index (χ2n) is 11.0. The van der Waals surface area contributed by atoms with Crippen molar-refractivity contribution in [2.45, 2.75) is 57.0 Å². The highest BCUT2D eigenvalue weighted by Gasteiger charge is 2.56. The lowest BCUT2D eigenvalue weighted by Crippen LogP contribution is -2.50. The van der Waals surface area contributed by atoms with Crippen molar-refractivity contribution >= 4 is 23.7 Å². The molecular weight excluding hydrogens is 503 g/mol. The SMILES string of the molecule is Cc1cccc(C(=O)C2C(c3ccc(F)cc3)C(C(N)=O)N(C(=O)C3CCCCC3)C2C=Cc2ccccc2)c1. The summed E-state index contributed by atoms with van der Waals surface area (Å²) in [6, 6.07) is 21.1. The molecular formula is C34H35FN2O3. The first kappa shape index (κ1) is 27.5.